The topological polar surface area (TPSA) is 71.2 Å². The minimum Gasteiger partial charge on any atom is -0.394 e. The molecule has 1 aromatic carbocycles. The molecule has 1 N–H and O–H groups in total. The SMILES string of the molecule is Cc1ccc2c(C(=O)N3CCCCCC3)cc(-c3cnn(CCO)c3)nc2c1C. The van der Waals surface area contributed by atoms with E-state index in [1.54, 1.807) is 10.9 Å². The lowest BCUT2D eigenvalue weighted by molar-refractivity contribution is 0.0763. The van der Waals surface area contributed by atoms with Gasteiger partial charge in [-0.3, -0.25) is 9.48 Å². The molecular weight excluding hydrogens is 364 g/mol. The van der Waals surface area contributed by atoms with Crippen molar-refractivity contribution in [2.24, 2.45) is 0 Å². The molecule has 1 amide bonds. The Bertz CT molecular complexity index is 1030. The van der Waals surface area contributed by atoms with Gasteiger partial charge in [0.1, 0.15) is 0 Å². The molecule has 3 aromatic rings. The lowest BCUT2D eigenvalue weighted by Crippen LogP contribution is -2.32. The number of hydrogen-bond acceptors (Lipinski definition) is 4. The summed E-state index contributed by atoms with van der Waals surface area (Å²) in [7, 11) is 0. The zero-order valence-electron chi connectivity index (χ0n) is 17.2. The van der Waals surface area contributed by atoms with Crippen LogP contribution in [0.15, 0.2) is 30.6 Å². The molecule has 4 rings (SSSR count). The molecule has 0 atom stereocenters. The summed E-state index contributed by atoms with van der Waals surface area (Å²) in [5, 5.41) is 14.4. The molecule has 2 aromatic heterocycles. The number of amides is 1. The monoisotopic (exact) mass is 392 g/mol. The first-order chi connectivity index (χ1) is 14.1. The van der Waals surface area contributed by atoms with Crippen molar-refractivity contribution in [3.05, 3.63) is 47.3 Å². The number of aliphatic hydroxyl groups is 1. The average Bonchev–Trinajstić information content (AvgIpc) is 3.02. The van der Waals surface area contributed by atoms with Gasteiger partial charge in [-0.15, -0.1) is 0 Å². The summed E-state index contributed by atoms with van der Waals surface area (Å²) in [6.45, 7) is 6.23. The van der Waals surface area contributed by atoms with Crippen molar-refractivity contribution in [3.8, 4) is 11.3 Å². The van der Waals surface area contributed by atoms with Crippen LogP contribution in [0.1, 0.15) is 47.2 Å². The number of pyridine rings is 1. The summed E-state index contributed by atoms with van der Waals surface area (Å²) in [6.07, 6.45) is 8.12. The van der Waals surface area contributed by atoms with Gasteiger partial charge in [-0.1, -0.05) is 25.0 Å². The first-order valence-corrected chi connectivity index (χ1v) is 10.4. The molecule has 0 bridgehead atoms. The third-order valence-electron chi connectivity index (χ3n) is 5.89. The smallest absolute Gasteiger partial charge is 0.254 e. The van der Waals surface area contributed by atoms with E-state index in [9.17, 15) is 4.79 Å². The fourth-order valence-corrected chi connectivity index (χ4v) is 4.02. The van der Waals surface area contributed by atoms with Crippen LogP contribution < -0.4 is 0 Å². The summed E-state index contributed by atoms with van der Waals surface area (Å²) >= 11 is 0. The predicted molar refractivity (Wildman–Crippen MR) is 114 cm³/mol. The van der Waals surface area contributed by atoms with E-state index in [1.807, 2.05) is 23.2 Å². The summed E-state index contributed by atoms with van der Waals surface area (Å²) < 4.78 is 1.70. The zero-order chi connectivity index (χ0) is 20.4. The lowest BCUT2D eigenvalue weighted by Gasteiger charge is -2.22. The average molecular weight is 393 g/mol. The van der Waals surface area contributed by atoms with Gasteiger partial charge < -0.3 is 10.0 Å². The molecule has 0 spiro atoms. The minimum absolute atomic E-state index is 0.0310. The van der Waals surface area contributed by atoms with Gasteiger partial charge in [-0.2, -0.15) is 5.10 Å². The van der Waals surface area contributed by atoms with Crippen LogP contribution in [0.4, 0.5) is 0 Å². The Morgan fingerprint density at radius 1 is 1.14 bits per heavy atom. The van der Waals surface area contributed by atoms with Gasteiger partial charge >= 0.3 is 0 Å². The number of carbonyl (C=O) groups excluding carboxylic acids is 1. The number of aryl methyl sites for hydroxylation is 2. The Hall–Kier alpha value is -2.73. The van der Waals surface area contributed by atoms with Crippen LogP contribution in [0.2, 0.25) is 0 Å². The highest BCUT2D eigenvalue weighted by molar-refractivity contribution is 6.08. The summed E-state index contributed by atoms with van der Waals surface area (Å²) in [5.74, 6) is 0.0894. The molecule has 6 nitrogen and oxygen atoms in total. The molecule has 1 fully saturated rings. The number of aliphatic hydroxyl groups excluding tert-OH is 1. The van der Waals surface area contributed by atoms with Gasteiger partial charge in [0.2, 0.25) is 0 Å². The first-order valence-electron chi connectivity index (χ1n) is 10.4. The molecule has 1 saturated heterocycles. The normalized spacial score (nSPS) is 14.9. The Kier molecular flexibility index (Phi) is 5.62. The molecule has 0 unspecified atom stereocenters. The fraction of sp³-hybridized carbons (Fsp3) is 0.435. The van der Waals surface area contributed by atoms with E-state index in [1.165, 1.54) is 12.8 Å². The van der Waals surface area contributed by atoms with Gasteiger partial charge in [0.25, 0.3) is 5.91 Å². The second-order valence-corrected chi connectivity index (χ2v) is 7.88. The van der Waals surface area contributed by atoms with Crippen LogP contribution in [0.5, 0.6) is 0 Å². The summed E-state index contributed by atoms with van der Waals surface area (Å²) in [5.41, 5.74) is 5.43. The van der Waals surface area contributed by atoms with Crippen molar-refractivity contribution in [2.45, 2.75) is 46.1 Å². The van der Waals surface area contributed by atoms with E-state index in [0.717, 1.165) is 59.2 Å². The van der Waals surface area contributed by atoms with Gasteiger partial charge in [-0.25, -0.2) is 4.98 Å². The number of aromatic nitrogens is 3. The number of likely N-dealkylation sites (tertiary alicyclic amines) is 1. The summed E-state index contributed by atoms with van der Waals surface area (Å²) in [4.78, 5) is 20.4. The maximum absolute atomic E-state index is 13.5. The quantitative estimate of drug-likeness (QED) is 0.734. The van der Waals surface area contributed by atoms with E-state index < -0.39 is 0 Å². The van der Waals surface area contributed by atoms with Crippen LogP contribution in [-0.4, -0.2) is 50.4 Å². The van der Waals surface area contributed by atoms with Crippen molar-refractivity contribution in [1.29, 1.82) is 0 Å². The lowest BCUT2D eigenvalue weighted by atomic mass is 9.99. The number of nitrogens with zero attached hydrogens (tertiary/aromatic N) is 4. The second-order valence-electron chi connectivity index (χ2n) is 7.88. The predicted octanol–water partition coefficient (Wildman–Crippen LogP) is 3.72. The second kappa shape index (κ2) is 8.33. The minimum atomic E-state index is 0.0310. The highest BCUT2D eigenvalue weighted by atomic mass is 16.3. The molecule has 0 saturated carbocycles. The largest absolute Gasteiger partial charge is 0.394 e. The highest BCUT2D eigenvalue weighted by Gasteiger charge is 2.22. The third kappa shape index (κ3) is 3.90. The molecule has 0 radical (unpaired) electrons. The molecule has 152 valence electrons. The van der Waals surface area contributed by atoms with E-state index in [2.05, 4.69) is 25.0 Å². The molecule has 1 aliphatic heterocycles. The van der Waals surface area contributed by atoms with Crippen molar-refractivity contribution in [3.63, 3.8) is 0 Å². The Morgan fingerprint density at radius 2 is 1.90 bits per heavy atom. The van der Waals surface area contributed by atoms with Crippen molar-refractivity contribution < 1.29 is 9.90 Å². The highest BCUT2D eigenvalue weighted by Crippen LogP contribution is 2.29. The molecule has 1 aliphatic rings. The van der Waals surface area contributed by atoms with Gasteiger partial charge in [0.05, 0.1) is 36.1 Å². The van der Waals surface area contributed by atoms with Gasteiger partial charge in [0.15, 0.2) is 0 Å². The Labute approximate surface area is 171 Å². The van der Waals surface area contributed by atoms with Crippen LogP contribution >= 0.6 is 0 Å². The maximum Gasteiger partial charge on any atom is 0.254 e. The van der Waals surface area contributed by atoms with Gasteiger partial charge in [-0.05, 0) is 43.9 Å². The van der Waals surface area contributed by atoms with Crippen LogP contribution in [0, 0.1) is 13.8 Å². The van der Waals surface area contributed by atoms with E-state index in [4.69, 9.17) is 10.1 Å². The number of hydrogen-bond donors (Lipinski definition) is 1. The van der Waals surface area contributed by atoms with Crippen LogP contribution in [-0.2, 0) is 6.54 Å². The van der Waals surface area contributed by atoms with Crippen molar-refractivity contribution in [2.75, 3.05) is 19.7 Å². The molecule has 29 heavy (non-hydrogen) atoms. The number of rotatable bonds is 4. The number of benzene rings is 1. The maximum atomic E-state index is 13.5. The van der Waals surface area contributed by atoms with E-state index in [-0.39, 0.29) is 12.5 Å². The van der Waals surface area contributed by atoms with Gasteiger partial charge in [0, 0.05) is 30.2 Å². The molecule has 0 aliphatic carbocycles. The van der Waals surface area contributed by atoms with Crippen molar-refractivity contribution >= 4 is 16.8 Å². The third-order valence-corrected chi connectivity index (χ3v) is 5.89. The molecule has 6 heteroatoms. The number of carbonyl (C=O) groups is 1. The first kappa shape index (κ1) is 19.6. The van der Waals surface area contributed by atoms with E-state index >= 15 is 0 Å². The molecular formula is C23H28N4O2. The Morgan fingerprint density at radius 3 is 2.62 bits per heavy atom. The summed E-state index contributed by atoms with van der Waals surface area (Å²) in [6, 6.07) is 6.00. The zero-order valence-corrected chi connectivity index (χ0v) is 17.2. The molecule has 3 heterocycles. The standard InChI is InChI=1S/C23H28N4O2/c1-16-7-8-19-20(23(29)26-9-5-3-4-6-10-26)13-21(25-22(19)17(16)2)18-14-24-27(15-18)11-12-28/h7-8,13-15,28H,3-6,9-12H2,1-2H3. The Balaban J connectivity index is 1.84. The fourth-order valence-electron chi connectivity index (χ4n) is 4.02. The van der Waals surface area contributed by atoms with Crippen molar-refractivity contribution in [1.82, 2.24) is 19.7 Å². The van der Waals surface area contributed by atoms with Crippen LogP contribution in [0.3, 0.4) is 0 Å². The number of fused-ring (bicyclic) bond motifs is 1. The van der Waals surface area contributed by atoms with Crippen LogP contribution in [0.25, 0.3) is 22.2 Å². The van der Waals surface area contributed by atoms with E-state index in [0.29, 0.717) is 12.1 Å².